The standard InChI is InChI=1S/C26H34ClF3NO6PS/c1-24(2,3)37-23(32)31-25(4,17-36-38(33,34-5)35-6)14-8-9-18-12-13-21(16-22(18)27)39-20-11-7-10-19(15-20)26(28,29)30/h7,10-13,15-16H,8-9,14,17H2,1-6H3,(H,31,32)/t25-/m0/s1. The van der Waals surface area contributed by atoms with Gasteiger partial charge in [-0.1, -0.05) is 35.5 Å². The normalized spacial score (nSPS) is 14.1. The molecule has 2 rings (SSSR count). The Bertz CT molecular complexity index is 1170. The minimum atomic E-state index is -4.42. The molecule has 0 aliphatic rings. The first-order valence-electron chi connectivity index (χ1n) is 12.0. The quantitative estimate of drug-likeness (QED) is 0.241. The average molecular weight is 612 g/mol. The predicted octanol–water partition coefficient (Wildman–Crippen LogP) is 8.53. The number of halogens is 4. The third-order valence-electron chi connectivity index (χ3n) is 5.39. The fourth-order valence-corrected chi connectivity index (χ4v) is 5.52. The van der Waals surface area contributed by atoms with Gasteiger partial charge in [-0.3, -0.25) is 13.6 Å². The highest BCUT2D eigenvalue weighted by Crippen LogP contribution is 2.48. The Morgan fingerprint density at radius 1 is 1.03 bits per heavy atom. The van der Waals surface area contributed by atoms with Crippen LogP contribution in [0.3, 0.4) is 0 Å². The smallest absolute Gasteiger partial charge is 0.444 e. The van der Waals surface area contributed by atoms with E-state index in [-0.39, 0.29) is 6.61 Å². The maximum Gasteiger partial charge on any atom is 0.474 e. The van der Waals surface area contributed by atoms with Crippen molar-refractivity contribution < 1.29 is 40.8 Å². The molecular weight excluding hydrogens is 578 g/mol. The van der Waals surface area contributed by atoms with Crippen molar-refractivity contribution in [3.63, 3.8) is 0 Å². The first-order valence-corrected chi connectivity index (χ1v) is 14.6. The zero-order valence-electron chi connectivity index (χ0n) is 22.7. The zero-order chi connectivity index (χ0) is 29.5. The summed E-state index contributed by atoms with van der Waals surface area (Å²) in [5, 5.41) is 3.25. The first-order chi connectivity index (χ1) is 18.0. The summed E-state index contributed by atoms with van der Waals surface area (Å²) >= 11 is 7.67. The topological polar surface area (TPSA) is 83.1 Å². The maximum atomic E-state index is 13.0. The summed E-state index contributed by atoms with van der Waals surface area (Å²) in [6.07, 6.45) is -3.59. The van der Waals surface area contributed by atoms with E-state index < -0.39 is 36.8 Å². The van der Waals surface area contributed by atoms with E-state index in [2.05, 4.69) is 5.32 Å². The third kappa shape index (κ3) is 11.3. The van der Waals surface area contributed by atoms with Gasteiger partial charge in [0.05, 0.1) is 17.7 Å². The van der Waals surface area contributed by atoms with Crippen LogP contribution in [0.15, 0.2) is 52.3 Å². The van der Waals surface area contributed by atoms with Crippen molar-refractivity contribution in [2.75, 3.05) is 20.8 Å². The number of carbonyl (C=O) groups excluding carboxylic acids is 1. The van der Waals surface area contributed by atoms with Crippen molar-refractivity contribution in [2.45, 2.75) is 74.1 Å². The second-order valence-corrected chi connectivity index (χ2v) is 13.4. The van der Waals surface area contributed by atoms with E-state index in [4.69, 9.17) is 29.9 Å². The van der Waals surface area contributed by atoms with Crippen molar-refractivity contribution in [3.8, 4) is 0 Å². The molecule has 0 aliphatic carbocycles. The van der Waals surface area contributed by atoms with Crippen LogP contribution in [-0.2, 0) is 35.5 Å². The summed E-state index contributed by atoms with van der Waals surface area (Å²) < 4.78 is 71.9. The zero-order valence-corrected chi connectivity index (χ0v) is 25.2. The molecule has 0 heterocycles. The molecule has 0 fully saturated rings. The van der Waals surface area contributed by atoms with E-state index in [9.17, 15) is 22.5 Å². The molecule has 1 atom stereocenters. The Labute approximate surface area is 236 Å². The number of phosphoric ester groups is 1. The summed E-state index contributed by atoms with van der Waals surface area (Å²) in [6, 6.07) is 10.4. The number of hydrogen-bond acceptors (Lipinski definition) is 7. The Hall–Kier alpha value is -1.75. The summed E-state index contributed by atoms with van der Waals surface area (Å²) in [5.74, 6) is 0. The lowest BCUT2D eigenvalue weighted by molar-refractivity contribution is -0.137. The van der Waals surface area contributed by atoms with Gasteiger partial charge in [0.2, 0.25) is 0 Å². The minimum Gasteiger partial charge on any atom is -0.444 e. The van der Waals surface area contributed by atoms with Gasteiger partial charge < -0.3 is 10.1 Å². The lowest BCUT2D eigenvalue weighted by Crippen LogP contribution is -2.51. The van der Waals surface area contributed by atoms with E-state index in [0.29, 0.717) is 34.1 Å². The van der Waals surface area contributed by atoms with Gasteiger partial charge in [-0.05, 0) is 82.9 Å². The fraction of sp³-hybridized carbons (Fsp3) is 0.500. The molecule has 39 heavy (non-hydrogen) atoms. The highest BCUT2D eigenvalue weighted by Gasteiger charge is 2.34. The molecule has 0 unspecified atom stereocenters. The van der Waals surface area contributed by atoms with Crippen LogP contribution >= 0.6 is 31.2 Å². The number of carbonyl (C=O) groups is 1. The molecule has 13 heteroatoms. The molecule has 0 aromatic heterocycles. The molecular formula is C26H34ClF3NO6PS. The molecule has 0 bridgehead atoms. The summed E-state index contributed by atoms with van der Waals surface area (Å²) in [7, 11) is -1.40. The molecule has 0 radical (unpaired) electrons. The predicted molar refractivity (Wildman–Crippen MR) is 145 cm³/mol. The Morgan fingerprint density at radius 3 is 2.23 bits per heavy atom. The lowest BCUT2D eigenvalue weighted by atomic mass is 9.94. The maximum absolute atomic E-state index is 13.0. The highest BCUT2D eigenvalue weighted by atomic mass is 35.5. The number of rotatable bonds is 12. The molecule has 218 valence electrons. The summed E-state index contributed by atoms with van der Waals surface area (Å²) in [4.78, 5) is 13.6. The SMILES string of the molecule is COP(=O)(OC)OC[C@](C)(CCCc1ccc(Sc2cccc(C(F)(F)F)c2)cc1Cl)NC(=O)OC(C)(C)C. The van der Waals surface area contributed by atoms with Gasteiger partial charge in [0.1, 0.15) is 5.60 Å². The lowest BCUT2D eigenvalue weighted by Gasteiger charge is -2.32. The van der Waals surface area contributed by atoms with Crippen LogP contribution in [0.2, 0.25) is 5.02 Å². The number of amides is 1. The number of ether oxygens (including phenoxy) is 1. The molecule has 1 amide bonds. The van der Waals surface area contributed by atoms with E-state index in [0.717, 1.165) is 17.7 Å². The molecule has 0 saturated heterocycles. The fourth-order valence-electron chi connectivity index (χ4n) is 3.46. The van der Waals surface area contributed by atoms with Gasteiger partial charge >= 0.3 is 20.1 Å². The van der Waals surface area contributed by atoms with E-state index in [1.54, 1.807) is 45.9 Å². The van der Waals surface area contributed by atoms with Gasteiger partial charge in [0, 0.05) is 29.0 Å². The van der Waals surface area contributed by atoms with E-state index >= 15 is 0 Å². The Balaban J connectivity index is 2.08. The van der Waals surface area contributed by atoms with Crippen molar-refractivity contribution in [1.82, 2.24) is 5.32 Å². The van der Waals surface area contributed by atoms with Crippen molar-refractivity contribution in [2.24, 2.45) is 0 Å². The van der Waals surface area contributed by atoms with Gasteiger partial charge in [0.25, 0.3) is 0 Å². The second kappa shape index (κ2) is 13.7. The van der Waals surface area contributed by atoms with Gasteiger partial charge in [-0.2, -0.15) is 13.2 Å². The van der Waals surface area contributed by atoms with Crippen molar-refractivity contribution in [3.05, 3.63) is 58.6 Å². The van der Waals surface area contributed by atoms with E-state index in [1.165, 1.54) is 32.0 Å². The molecule has 0 spiro atoms. The average Bonchev–Trinajstić information content (AvgIpc) is 2.82. The minimum absolute atomic E-state index is 0.175. The summed E-state index contributed by atoms with van der Waals surface area (Å²) in [5.41, 5.74) is -1.60. The van der Waals surface area contributed by atoms with Crippen LogP contribution in [0.1, 0.15) is 51.7 Å². The van der Waals surface area contributed by atoms with Crippen LogP contribution < -0.4 is 5.32 Å². The first kappa shape index (κ1) is 33.5. The number of alkyl halides is 3. The molecule has 7 nitrogen and oxygen atoms in total. The van der Waals surface area contributed by atoms with Gasteiger partial charge in [-0.15, -0.1) is 0 Å². The molecule has 2 aromatic carbocycles. The number of phosphoric acid groups is 1. The largest absolute Gasteiger partial charge is 0.474 e. The third-order valence-corrected chi connectivity index (χ3v) is 8.06. The van der Waals surface area contributed by atoms with Crippen LogP contribution in [0.4, 0.5) is 18.0 Å². The molecule has 0 aliphatic heterocycles. The number of nitrogens with one attached hydrogen (secondary N) is 1. The molecule has 2 aromatic rings. The van der Waals surface area contributed by atoms with Crippen LogP contribution in [0.25, 0.3) is 0 Å². The van der Waals surface area contributed by atoms with Crippen LogP contribution in [0.5, 0.6) is 0 Å². The molecule has 1 N–H and O–H groups in total. The highest BCUT2D eigenvalue weighted by molar-refractivity contribution is 7.99. The molecule has 0 saturated carbocycles. The Kier molecular flexibility index (Phi) is 11.8. The summed E-state index contributed by atoms with van der Waals surface area (Å²) in [6.45, 7) is 6.76. The number of alkyl carbamates (subject to hydrolysis) is 1. The van der Waals surface area contributed by atoms with Crippen LogP contribution in [0, 0.1) is 0 Å². The van der Waals surface area contributed by atoms with Gasteiger partial charge in [0.15, 0.2) is 0 Å². The van der Waals surface area contributed by atoms with Crippen molar-refractivity contribution in [1.29, 1.82) is 0 Å². The van der Waals surface area contributed by atoms with Crippen LogP contribution in [-0.4, -0.2) is 38.1 Å². The Morgan fingerprint density at radius 2 is 1.67 bits per heavy atom. The van der Waals surface area contributed by atoms with E-state index in [1.807, 2.05) is 6.07 Å². The monoisotopic (exact) mass is 611 g/mol. The number of hydrogen-bond donors (Lipinski definition) is 1. The number of benzene rings is 2. The second-order valence-electron chi connectivity index (χ2n) is 10.0. The van der Waals surface area contributed by atoms with Gasteiger partial charge in [-0.25, -0.2) is 9.36 Å². The van der Waals surface area contributed by atoms with Crippen molar-refractivity contribution >= 4 is 37.3 Å². The number of aryl methyl sites for hydroxylation is 1.